The maximum Gasteiger partial charge on any atom is 0.323 e. The number of nitrogens with zero attached hydrogens (tertiary/aromatic N) is 2. The summed E-state index contributed by atoms with van der Waals surface area (Å²) in [6.07, 6.45) is 0. The first kappa shape index (κ1) is 21.3. The van der Waals surface area contributed by atoms with Gasteiger partial charge in [0.05, 0.1) is 19.3 Å². The summed E-state index contributed by atoms with van der Waals surface area (Å²) < 4.78 is 18.9. The number of benzene rings is 3. The number of rotatable bonds is 4. The minimum atomic E-state index is -1.16. The third-order valence-corrected chi connectivity index (χ3v) is 7.32. The highest BCUT2D eigenvalue weighted by atomic mass is 32.2. The largest absolute Gasteiger partial charge is 0.497 e. The molecule has 0 radical (unpaired) electrons. The van der Waals surface area contributed by atoms with Gasteiger partial charge in [0.1, 0.15) is 11.6 Å². The van der Waals surface area contributed by atoms with Gasteiger partial charge in [-0.2, -0.15) is 0 Å². The van der Waals surface area contributed by atoms with Crippen LogP contribution in [0.3, 0.4) is 0 Å². The van der Waals surface area contributed by atoms with Crippen molar-refractivity contribution in [1.29, 1.82) is 0 Å². The average molecular weight is 464 g/mol. The molecule has 168 valence electrons. The lowest BCUT2D eigenvalue weighted by Gasteiger charge is -2.33. The van der Waals surface area contributed by atoms with Crippen LogP contribution < -0.4 is 15.0 Å². The van der Waals surface area contributed by atoms with Gasteiger partial charge in [-0.15, -0.1) is 11.8 Å². The van der Waals surface area contributed by atoms with Gasteiger partial charge in [0, 0.05) is 23.5 Å². The van der Waals surface area contributed by atoms with E-state index >= 15 is 0 Å². The van der Waals surface area contributed by atoms with Crippen LogP contribution in [0.1, 0.15) is 11.1 Å². The second-order valence-electron chi connectivity index (χ2n) is 7.84. The summed E-state index contributed by atoms with van der Waals surface area (Å²) in [7, 11) is 1.61. The van der Waals surface area contributed by atoms with Gasteiger partial charge in [0.2, 0.25) is 0 Å². The van der Waals surface area contributed by atoms with Gasteiger partial charge in [-0.05, 0) is 42.0 Å². The number of carbonyl (C=O) groups excluding carboxylic acids is 2. The van der Waals surface area contributed by atoms with Crippen LogP contribution in [0.2, 0.25) is 0 Å². The maximum atomic E-state index is 14.0. The fraction of sp³-hybridized carbons (Fsp3) is 0.200. The minimum absolute atomic E-state index is 0.164. The molecule has 0 aliphatic carbocycles. The Morgan fingerprint density at radius 2 is 1.94 bits per heavy atom. The number of urea groups is 1. The van der Waals surface area contributed by atoms with Crippen molar-refractivity contribution in [1.82, 2.24) is 4.90 Å². The number of thioether (sulfide) groups is 1. The molecule has 1 spiro atoms. The first-order valence-corrected chi connectivity index (χ1v) is 11.5. The number of hydrogen-bond acceptors (Lipinski definition) is 4. The Balaban J connectivity index is 1.50. The van der Waals surface area contributed by atoms with Crippen LogP contribution in [-0.4, -0.2) is 36.2 Å². The number of carbonyl (C=O) groups is 2. The number of fused-ring (bicyclic) bond motifs is 2. The van der Waals surface area contributed by atoms with Gasteiger partial charge < -0.3 is 15.0 Å². The molecule has 2 heterocycles. The highest BCUT2D eigenvalue weighted by Gasteiger charge is 2.59. The molecular formula is C25H22FN3O3S. The van der Waals surface area contributed by atoms with Gasteiger partial charge >= 0.3 is 6.03 Å². The molecule has 1 fully saturated rings. The molecule has 2 aliphatic rings. The molecule has 6 nitrogen and oxygen atoms in total. The summed E-state index contributed by atoms with van der Waals surface area (Å²) in [5.74, 6) is 0.728. The molecule has 5 rings (SSSR count). The van der Waals surface area contributed by atoms with Crippen LogP contribution in [0.4, 0.5) is 20.6 Å². The average Bonchev–Trinajstić information content (AvgIpc) is 3.37. The minimum Gasteiger partial charge on any atom is -0.497 e. The van der Waals surface area contributed by atoms with Crippen molar-refractivity contribution in [2.45, 2.75) is 11.4 Å². The molecule has 2 aliphatic heterocycles. The predicted molar refractivity (Wildman–Crippen MR) is 127 cm³/mol. The molecule has 1 saturated heterocycles. The zero-order chi connectivity index (χ0) is 23.0. The van der Waals surface area contributed by atoms with Crippen LogP contribution >= 0.6 is 11.8 Å². The molecule has 3 amide bonds. The van der Waals surface area contributed by atoms with Gasteiger partial charge in [-0.1, -0.05) is 36.4 Å². The van der Waals surface area contributed by atoms with Crippen LogP contribution in [0.5, 0.6) is 5.75 Å². The van der Waals surface area contributed by atoms with Crippen molar-refractivity contribution in [3.05, 3.63) is 89.7 Å². The van der Waals surface area contributed by atoms with Crippen LogP contribution in [0.25, 0.3) is 0 Å². The van der Waals surface area contributed by atoms with E-state index in [2.05, 4.69) is 5.32 Å². The molecule has 33 heavy (non-hydrogen) atoms. The fourth-order valence-corrected chi connectivity index (χ4v) is 5.90. The van der Waals surface area contributed by atoms with E-state index in [1.165, 1.54) is 30.0 Å². The first-order valence-electron chi connectivity index (χ1n) is 10.6. The smallest absolute Gasteiger partial charge is 0.323 e. The van der Waals surface area contributed by atoms with Gasteiger partial charge in [0.25, 0.3) is 5.91 Å². The van der Waals surface area contributed by atoms with E-state index in [1.807, 2.05) is 48.5 Å². The fourth-order valence-electron chi connectivity index (χ4n) is 4.44. The van der Waals surface area contributed by atoms with Crippen LogP contribution in [0, 0.1) is 5.82 Å². The molecule has 0 bridgehead atoms. The Labute approximate surface area is 195 Å². The summed E-state index contributed by atoms with van der Waals surface area (Å²) in [5.41, 5.74) is 2.84. The SMILES string of the molecule is COc1cccc(CN2C(=O)C3(SCCN3C(=O)Nc3cccc(F)c3)c3ccccc32)c1. The quantitative estimate of drug-likeness (QED) is 0.603. The number of halogens is 1. The summed E-state index contributed by atoms with van der Waals surface area (Å²) in [5, 5.41) is 2.75. The summed E-state index contributed by atoms with van der Waals surface area (Å²) in [4.78, 5) is 29.4. The second kappa shape index (κ2) is 8.44. The summed E-state index contributed by atoms with van der Waals surface area (Å²) >= 11 is 1.45. The van der Waals surface area contributed by atoms with E-state index in [0.717, 1.165) is 16.8 Å². The van der Waals surface area contributed by atoms with Gasteiger partial charge in [-0.3, -0.25) is 9.69 Å². The Bertz CT molecular complexity index is 1240. The number of para-hydroxylation sites is 1. The molecule has 1 atom stereocenters. The molecule has 0 aromatic heterocycles. The maximum absolute atomic E-state index is 14.0. The standard InChI is InChI=1S/C25H22FN3O3S/c1-32-20-9-4-6-17(14-20)16-28-22-11-3-2-10-21(22)25(23(28)30)29(12-13-33-25)24(31)27-19-8-5-7-18(26)15-19/h2-11,14-15H,12-13,16H2,1H3,(H,27,31). The number of amides is 3. The summed E-state index contributed by atoms with van der Waals surface area (Å²) in [6, 6.07) is 20.5. The number of nitrogens with one attached hydrogen (secondary N) is 1. The van der Waals surface area contributed by atoms with Crippen molar-refractivity contribution < 1.29 is 18.7 Å². The Morgan fingerprint density at radius 3 is 2.76 bits per heavy atom. The summed E-state index contributed by atoms with van der Waals surface area (Å²) in [6.45, 7) is 0.758. The lowest BCUT2D eigenvalue weighted by atomic mass is 10.1. The van der Waals surface area contributed by atoms with Gasteiger partial charge in [0.15, 0.2) is 4.87 Å². The van der Waals surface area contributed by atoms with Crippen LogP contribution in [0.15, 0.2) is 72.8 Å². The Hall–Kier alpha value is -3.52. The first-order chi connectivity index (χ1) is 16.0. The van der Waals surface area contributed by atoms with Crippen molar-refractivity contribution in [3.63, 3.8) is 0 Å². The number of ether oxygens (including phenoxy) is 1. The van der Waals surface area contributed by atoms with Crippen LogP contribution in [-0.2, 0) is 16.2 Å². The predicted octanol–water partition coefficient (Wildman–Crippen LogP) is 4.81. The van der Waals surface area contributed by atoms with E-state index in [4.69, 9.17) is 4.74 Å². The highest BCUT2D eigenvalue weighted by Crippen LogP contribution is 2.54. The van der Waals surface area contributed by atoms with E-state index in [0.29, 0.717) is 30.3 Å². The highest BCUT2D eigenvalue weighted by molar-refractivity contribution is 8.01. The monoisotopic (exact) mass is 463 g/mol. The van der Waals surface area contributed by atoms with E-state index < -0.39 is 16.7 Å². The third kappa shape index (κ3) is 3.60. The van der Waals surface area contributed by atoms with E-state index in [9.17, 15) is 14.0 Å². The topological polar surface area (TPSA) is 61.9 Å². The molecule has 8 heteroatoms. The van der Waals surface area contributed by atoms with Gasteiger partial charge in [-0.25, -0.2) is 9.18 Å². The Morgan fingerprint density at radius 1 is 1.12 bits per heavy atom. The lowest BCUT2D eigenvalue weighted by molar-refractivity contribution is -0.123. The van der Waals surface area contributed by atoms with E-state index in [-0.39, 0.29) is 5.91 Å². The normalized spacial score (nSPS) is 19.2. The Kier molecular flexibility index (Phi) is 5.46. The number of methoxy groups -OCH3 is 1. The number of anilines is 2. The molecule has 3 aromatic carbocycles. The second-order valence-corrected chi connectivity index (χ2v) is 9.13. The van der Waals surface area contributed by atoms with Crippen molar-refractivity contribution >= 4 is 35.1 Å². The molecule has 3 aromatic rings. The molecular weight excluding hydrogens is 441 g/mol. The van der Waals surface area contributed by atoms with Crippen molar-refractivity contribution in [3.8, 4) is 5.75 Å². The lowest BCUT2D eigenvalue weighted by Crippen LogP contribution is -2.51. The zero-order valence-electron chi connectivity index (χ0n) is 18.0. The van der Waals surface area contributed by atoms with Crippen molar-refractivity contribution in [2.24, 2.45) is 0 Å². The zero-order valence-corrected chi connectivity index (χ0v) is 18.8. The molecule has 0 saturated carbocycles. The number of hydrogen-bond donors (Lipinski definition) is 1. The molecule has 1 unspecified atom stereocenters. The third-order valence-electron chi connectivity index (χ3n) is 5.90. The molecule has 1 N–H and O–H groups in total. The van der Waals surface area contributed by atoms with Crippen molar-refractivity contribution in [2.75, 3.05) is 29.6 Å². The van der Waals surface area contributed by atoms with E-state index in [1.54, 1.807) is 23.0 Å².